The summed E-state index contributed by atoms with van der Waals surface area (Å²) in [4.78, 5) is 17.4. The number of hydrogen-bond acceptors (Lipinski definition) is 4. The van der Waals surface area contributed by atoms with Gasteiger partial charge in [-0.05, 0) is 85.6 Å². The normalized spacial score (nSPS) is 10.7. The molecule has 0 saturated heterocycles. The van der Waals surface area contributed by atoms with Crippen molar-refractivity contribution in [2.24, 2.45) is 0 Å². The van der Waals surface area contributed by atoms with Crippen molar-refractivity contribution in [3.63, 3.8) is 0 Å². The van der Waals surface area contributed by atoms with Crippen LogP contribution >= 0.6 is 11.6 Å². The summed E-state index contributed by atoms with van der Waals surface area (Å²) in [6, 6.07) is 20.4. The van der Waals surface area contributed by atoms with E-state index in [4.69, 9.17) is 16.3 Å². The standard InChI is InChI=1S/C24H21ClN4O2/c1-15-4-9-19(14-16(15)2)26-24(30)22-27-23(17-5-12-21(31-3)13-6-17)29(28-22)20-10-7-18(25)8-11-20/h4-14H,1-3H3,(H,26,30). The molecule has 0 bridgehead atoms. The van der Waals surface area contributed by atoms with Crippen LogP contribution in [0.2, 0.25) is 5.02 Å². The van der Waals surface area contributed by atoms with E-state index in [0.717, 1.165) is 28.1 Å². The lowest BCUT2D eigenvalue weighted by molar-refractivity contribution is 0.101. The van der Waals surface area contributed by atoms with E-state index >= 15 is 0 Å². The lowest BCUT2D eigenvalue weighted by atomic mass is 10.1. The smallest absolute Gasteiger partial charge is 0.295 e. The summed E-state index contributed by atoms with van der Waals surface area (Å²) < 4.78 is 6.87. The van der Waals surface area contributed by atoms with E-state index in [1.54, 1.807) is 23.9 Å². The average Bonchev–Trinajstić information content (AvgIpc) is 3.22. The second-order valence-electron chi connectivity index (χ2n) is 7.13. The fourth-order valence-corrected chi connectivity index (χ4v) is 3.23. The van der Waals surface area contributed by atoms with Gasteiger partial charge in [0.05, 0.1) is 12.8 Å². The number of hydrogen-bond donors (Lipinski definition) is 1. The highest BCUT2D eigenvalue weighted by Crippen LogP contribution is 2.25. The summed E-state index contributed by atoms with van der Waals surface area (Å²) in [6.07, 6.45) is 0. The summed E-state index contributed by atoms with van der Waals surface area (Å²) in [5, 5.41) is 7.98. The Hall–Kier alpha value is -3.64. The predicted octanol–water partition coefficient (Wildman–Crippen LogP) is 5.47. The van der Waals surface area contributed by atoms with Gasteiger partial charge in [-0.1, -0.05) is 17.7 Å². The van der Waals surface area contributed by atoms with Gasteiger partial charge >= 0.3 is 0 Å². The number of benzene rings is 3. The van der Waals surface area contributed by atoms with Gasteiger partial charge in [0, 0.05) is 16.3 Å². The molecular weight excluding hydrogens is 412 g/mol. The van der Waals surface area contributed by atoms with Crippen LogP contribution < -0.4 is 10.1 Å². The third-order valence-electron chi connectivity index (χ3n) is 4.99. The molecule has 156 valence electrons. The number of ether oxygens (including phenoxy) is 1. The molecule has 0 aliphatic rings. The Kier molecular flexibility index (Phi) is 5.73. The largest absolute Gasteiger partial charge is 0.497 e. The van der Waals surface area contributed by atoms with Gasteiger partial charge in [-0.25, -0.2) is 9.67 Å². The minimum absolute atomic E-state index is 0.0685. The number of nitrogens with zero attached hydrogens (tertiary/aromatic N) is 3. The third kappa shape index (κ3) is 4.44. The summed E-state index contributed by atoms with van der Waals surface area (Å²) >= 11 is 6.04. The molecular formula is C24H21ClN4O2. The van der Waals surface area contributed by atoms with Crippen LogP contribution in [0.15, 0.2) is 66.7 Å². The molecule has 7 heteroatoms. The van der Waals surface area contributed by atoms with Gasteiger partial charge < -0.3 is 10.1 Å². The van der Waals surface area contributed by atoms with Crippen molar-refractivity contribution in [3.05, 3.63) is 88.7 Å². The number of methoxy groups -OCH3 is 1. The number of rotatable bonds is 5. The predicted molar refractivity (Wildman–Crippen MR) is 122 cm³/mol. The van der Waals surface area contributed by atoms with Crippen molar-refractivity contribution in [2.75, 3.05) is 12.4 Å². The van der Waals surface area contributed by atoms with E-state index < -0.39 is 0 Å². The van der Waals surface area contributed by atoms with Crippen molar-refractivity contribution in [2.45, 2.75) is 13.8 Å². The molecule has 1 aromatic heterocycles. The molecule has 0 saturated carbocycles. The molecule has 0 radical (unpaired) electrons. The first-order valence-electron chi connectivity index (χ1n) is 9.70. The average molecular weight is 433 g/mol. The molecule has 0 atom stereocenters. The Labute approximate surface area is 185 Å². The van der Waals surface area contributed by atoms with Crippen LogP contribution in [0.25, 0.3) is 17.1 Å². The fraction of sp³-hybridized carbons (Fsp3) is 0.125. The fourth-order valence-electron chi connectivity index (χ4n) is 3.10. The summed E-state index contributed by atoms with van der Waals surface area (Å²) in [6.45, 7) is 4.03. The van der Waals surface area contributed by atoms with E-state index in [0.29, 0.717) is 16.5 Å². The van der Waals surface area contributed by atoms with Crippen LogP contribution in [0.4, 0.5) is 5.69 Å². The van der Waals surface area contributed by atoms with Crippen molar-refractivity contribution in [1.82, 2.24) is 14.8 Å². The van der Waals surface area contributed by atoms with Gasteiger partial charge in [0.25, 0.3) is 5.91 Å². The second-order valence-corrected chi connectivity index (χ2v) is 7.57. The maximum atomic E-state index is 12.9. The van der Waals surface area contributed by atoms with Crippen LogP contribution in [0, 0.1) is 13.8 Å². The monoisotopic (exact) mass is 432 g/mol. The second kappa shape index (κ2) is 8.62. The van der Waals surface area contributed by atoms with E-state index in [1.807, 2.05) is 68.4 Å². The highest BCUT2D eigenvalue weighted by atomic mass is 35.5. The first-order chi connectivity index (χ1) is 14.9. The number of carbonyl (C=O) groups is 1. The Morgan fingerprint density at radius 2 is 1.68 bits per heavy atom. The Morgan fingerprint density at radius 1 is 0.968 bits per heavy atom. The van der Waals surface area contributed by atoms with Crippen molar-refractivity contribution >= 4 is 23.2 Å². The highest BCUT2D eigenvalue weighted by molar-refractivity contribution is 6.30. The van der Waals surface area contributed by atoms with Gasteiger partial charge in [0.1, 0.15) is 5.75 Å². The lowest BCUT2D eigenvalue weighted by Crippen LogP contribution is -2.14. The molecule has 6 nitrogen and oxygen atoms in total. The number of nitrogens with one attached hydrogen (secondary N) is 1. The number of anilines is 1. The number of halogens is 1. The Morgan fingerprint density at radius 3 is 2.32 bits per heavy atom. The number of aryl methyl sites for hydroxylation is 2. The topological polar surface area (TPSA) is 69.0 Å². The van der Waals surface area contributed by atoms with Crippen molar-refractivity contribution < 1.29 is 9.53 Å². The summed E-state index contributed by atoms with van der Waals surface area (Å²) in [5.74, 6) is 0.953. The first-order valence-corrected chi connectivity index (χ1v) is 10.1. The van der Waals surface area contributed by atoms with Crippen LogP contribution in [-0.4, -0.2) is 27.8 Å². The van der Waals surface area contributed by atoms with Gasteiger partial charge in [-0.3, -0.25) is 4.79 Å². The molecule has 0 spiro atoms. The van der Waals surface area contributed by atoms with Gasteiger partial charge in [0.15, 0.2) is 5.82 Å². The molecule has 0 fully saturated rings. The number of aromatic nitrogens is 3. The summed E-state index contributed by atoms with van der Waals surface area (Å²) in [7, 11) is 1.61. The Bertz CT molecular complexity index is 1230. The van der Waals surface area contributed by atoms with E-state index in [1.165, 1.54) is 0 Å². The molecule has 0 unspecified atom stereocenters. The zero-order chi connectivity index (χ0) is 22.0. The molecule has 1 amide bonds. The summed E-state index contributed by atoms with van der Waals surface area (Å²) in [5.41, 5.74) is 4.49. The van der Waals surface area contributed by atoms with Crippen molar-refractivity contribution in [3.8, 4) is 22.8 Å². The minimum Gasteiger partial charge on any atom is -0.497 e. The van der Waals surface area contributed by atoms with Crippen LogP contribution in [0.3, 0.4) is 0 Å². The van der Waals surface area contributed by atoms with Gasteiger partial charge in [-0.2, -0.15) is 0 Å². The maximum Gasteiger partial charge on any atom is 0.295 e. The van der Waals surface area contributed by atoms with Gasteiger partial charge in [0.2, 0.25) is 5.82 Å². The number of amides is 1. The van der Waals surface area contributed by atoms with E-state index in [-0.39, 0.29) is 11.7 Å². The molecule has 1 heterocycles. The molecule has 0 aliphatic carbocycles. The zero-order valence-electron chi connectivity index (χ0n) is 17.4. The quantitative estimate of drug-likeness (QED) is 0.454. The van der Waals surface area contributed by atoms with Crippen LogP contribution in [0.1, 0.15) is 21.7 Å². The van der Waals surface area contributed by atoms with Crippen LogP contribution in [-0.2, 0) is 0 Å². The third-order valence-corrected chi connectivity index (χ3v) is 5.25. The van der Waals surface area contributed by atoms with Crippen molar-refractivity contribution in [1.29, 1.82) is 0 Å². The molecule has 3 aromatic carbocycles. The molecule has 1 N–H and O–H groups in total. The van der Waals surface area contributed by atoms with E-state index in [9.17, 15) is 4.79 Å². The van der Waals surface area contributed by atoms with Gasteiger partial charge in [-0.15, -0.1) is 5.10 Å². The van der Waals surface area contributed by atoms with E-state index in [2.05, 4.69) is 15.4 Å². The zero-order valence-corrected chi connectivity index (χ0v) is 18.1. The Balaban J connectivity index is 1.73. The first kappa shape index (κ1) is 20.6. The molecule has 0 aliphatic heterocycles. The highest BCUT2D eigenvalue weighted by Gasteiger charge is 2.19. The maximum absolute atomic E-state index is 12.9. The number of carbonyl (C=O) groups excluding carboxylic acids is 1. The van der Waals surface area contributed by atoms with Crippen LogP contribution in [0.5, 0.6) is 5.75 Å². The minimum atomic E-state index is -0.384. The molecule has 4 rings (SSSR count). The molecule has 4 aromatic rings. The lowest BCUT2D eigenvalue weighted by Gasteiger charge is -2.07. The molecule has 31 heavy (non-hydrogen) atoms. The SMILES string of the molecule is COc1ccc(-c2nc(C(=O)Nc3ccc(C)c(C)c3)nn2-c2ccc(Cl)cc2)cc1.